The van der Waals surface area contributed by atoms with E-state index in [0.29, 0.717) is 12.2 Å². The Balaban J connectivity index is 1.39. The summed E-state index contributed by atoms with van der Waals surface area (Å²) in [4.78, 5) is 28.0. The molecule has 0 heterocycles. The van der Waals surface area contributed by atoms with E-state index in [1.807, 2.05) is 50.2 Å². The van der Waals surface area contributed by atoms with E-state index in [0.717, 1.165) is 35.1 Å². The first-order valence-corrected chi connectivity index (χ1v) is 16.5. The topological polar surface area (TPSA) is 86.8 Å². The third-order valence-corrected chi connectivity index (χ3v) is 10.6. The molecule has 1 atom stereocenters. The van der Waals surface area contributed by atoms with Crippen molar-refractivity contribution in [2.75, 3.05) is 23.7 Å². The highest BCUT2D eigenvalue weighted by atomic mass is 32.2. The predicted octanol–water partition coefficient (Wildman–Crippen LogP) is 4.78. The summed E-state index contributed by atoms with van der Waals surface area (Å²) < 4.78 is 27.1. The molecule has 2 aromatic rings. The van der Waals surface area contributed by atoms with Gasteiger partial charge in [0.2, 0.25) is 21.8 Å². The molecule has 2 amide bonds. The number of rotatable bonds is 10. The molecular weight excluding hydrogens is 522 g/mol. The van der Waals surface area contributed by atoms with Gasteiger partial charge in [0.05, 0.1) is 11.9 Å². The van der Waals surface area contributed by atoms with Crippen LogP contribution in [-0.2, 0) is 31.6 Å². The maximum atomic E-state index is 13.7. The van der Waals surface area contributed by atoms with Crippen LogP contribution in [0.15, 0.2) is 48.5 Å². The van der Waals surface area contributed by atoms with Crippen LogP contribution in [0.2, 0.25) is 0 Å². The summed E-state index contributed by atoms with van der Waals surface area (Å²) in [7, 11) is -3.75. The second-order valence-electron chi connectivity index (χ2n) is 12.6. The van der Waals surface area contributed by atoms with E-state index in [1.54, 1.807) is 6.92 Å². The molecule has 0 aliphatic heterocycles. The van der Waals surface area contributed by atoms with E-state index in [-0.39, 0.29) is 24.4 Å². The highest BCUT2D eigenvalue weighted by molar-refractivity contribution is 7.92. The van der Waals surface area contributed by atoms with Gasteiger partial charge >= 0.3 is 0 Å². The number of carbonyl (C=O) groups excluding carboxylic acids is 2. The largest absolute Gasteiger partial charge is 0.355 e. The number of benzene rings is 2. The Bertz CT molecular complexity index is 1320. The molecule has 4 saturated carbocycles. The van der Waals surface area contributed by atoms with Crippen molar-refractivity contribution in [1.29, 1.82) is 0 Å². The highest BCUT2D eigenvalue weighted by Crippen LogP contribution is 2.60. The molecule has 1 unspecified atom stereocenters. The van der Waals surface area contributed by atoms with Gasteiger partial charge in [-0.3, -0.25) is 13.9 Å². The lowest BCUT2D eigenvalue weighted by atomic mass is 9.48. The van der Waals surface area contributed by atoms with Gasteiger partial charge in [-0.2, -0.15) is 0 Å². The van der Waals surface area contributed by atoms with Gasteiger partial charge in [0.1, 0.15) is 12.6 Å². The van der Waals surface area contributed by atoms with Crippen molar-refractivity contribution in [2.45, 2.75) is 77.3 Å². The first kappa shape index (κ1) is 28.7. The summed E-state index contributed by atoms with van der Waals surface area (Å²) in [6, 6.07) is 14.9. The number of nitrogens with one attached hydrogen (secondary N) is 1. The minimum atomic E-state index is -3.75. The number of hydrogen-bond donors (Lipinski definition) is 1. The van der Waals surface area contributed by atoms with Crippen molar-refractivity contribution in [3.05, 3.63) is 65.2 Å². The van der Waals surface area contributed by atoms with Gasteiger partial charge < -0.3 is 10.2 Å². The molecule has 4 bridgehead atoms. The van der Waals surface area contributed by atoms with Crippen molar-refractivity contribution in [3.63, 3.8) is 0 Å². The zero-order valence-corrected chi connectivity index (χ0v) is 25.0. The van der Waals surface area contributed by atoms with Gasteiger partial charge in [-0.05, 0) is 106 Å². The lowest BCUT2D eigenvalue weighted by Gasteiger charge is -2.57. The smallest absolute Gasteiger partial charge is 0.244 e. The van der Waals surface area contributed by atoms with Gasteiger partial charge in [0.25, 0.3) is 0 Å². The Morgan fingerprint density at radius 3 is 2.12 bits per heavy atom. The molecule has 0 saturated heterocycles. The molecule has 4 fully saturated rings. The van der Waals surface area contributed by atoms with Crippen molar-refractivity contribution in [3.8, 4) is 0 Å². The Hall–Kier alpha value is -2.87. The third-order valence-electron chi connectivity index (χ3n) is 9.44. The predicted molar refractivity (Wildman–Crippen MR) is 158 cm³/mol. The lowest BCUT2D eigenvalue weighted by molar-refractivity contribution is -0.139. The number of anilines is 1. The molecule has 8 heteroatoms. The van der Waals surface area contributed by atoms with E-state index in [1.165, 1.54) is 53.3 Å². The Morgan fingerprint density at radius 2 is 1.60 bits per heavy atom. The molecule has 40 heavy (non-hydrogen) atoms. The van der Waals surface area contributed by atoms with Crippen LogP contribution in [-0.4, -0.2) is 50.5 Å². The Kier molecular flexibility index (Phi) is 8.01. The average molecular weight is 566 g/mol. The minimum absolute atomic E-state index is 0.210. The maximum absolute atomic E-state index is 13.7. The summed E-state index contributed by atoms with van der Waals surface area (Å²) in [6.45, 7) is 5.77. The fraction of sp³-hybridized carbons (Fsp3) is 0.562. The van der Waals surface area contributed by atoms with E-state index in [9.17, 15) is 18.0 Å². The fourth-order valence-electron chi connectivity index (χ4n) is 7.97. The van der Waals surface area contributed by atoms with Crippen molar-refractivity contribution in [1.82, 2.24) is 10.2 Å². The maximum Gasteiger partial charge on any atom is 0.244 e. The molecule has 4 aliphatic carbocycles. The number of nitrogens with zero attached hydrogens (tertiary/aromatic N) is 2. The lowest BCUT2D eigenvalue weighted by Crippen LogP contribution is -2.51. The molecule has 216 valence electrons. The molecule has 7 nitrogen and oxygen atoms in total. The zero-order chi connectivity index (χ0) is 28.7. The van der Waals surface area contributed by atoms with Gasteiger partial charge in [-0.25, -0.2) is 8.42 Å². The SMILES string of the molecule is CCNC(=O)C(C)N(Cc1cccc(C)c1)C(=O)CN(c1ccc(C23CC4CC(CC(C4)C2)C3)cc1)S(C)(=O)=O. The van der Waals surface area contributed by atoms with Crippen molar-refractivity contribution in [2.24, 2.45) is 17.8 Å². The monoisotopic (exact) mass is 565 g/mol. The Morgan fingerprint density at radius 1 is 1.00 bits per heavy atom. The number of sulfonamides is 1. The molecule has 6 rings (SSSR count). The summed E-state index contributed by atoms with van der Waals surface area (Å²) in [6.07, 6.45) is 8.94. The van der Waals surface area contributed by atoms with Crippen LogP contribution in [0.3, 0.4) is 0 Å². The summed E-state index contributed by atoms with van der Waals surface area (Å²) in [5.41, 5.74) is 3.93. The molecule has 2 aromatic carbocycles. The van der Waals surface area contributed by atoms with E-state index in [2.05, 4.69) is 17.4 Å². The van der Waals surface area contributed by atoms with E-state index < -0.39 is 22.0 Å². The Labute approximate surface area is 239 Å². The van der Waals surface area contributed by atoms with Crippen molar-refractivity contribution >= 4 is 27.5 Å². The van der Waals surface area contributed by atoms with Crippen LogP contribution in [0.25, 0.3) is 0 Å². The molecule has 0 spiro atoms. The van der Waals surface area contributed by atoms with Crippen LogP contribution >= 0.6 is 0 Å². The zero-order valence-electron chi connectivity index (χ0n) is 24.2. The molecule has 0 aromatic heterocycles. The van der Waals surface area contributed by atoms with Gasteiger partial charge in [-0.1, -0.05) is 42.0 Å². The number of hydrogen-bond acceptors (Lipinski definition) is 4. The first-order chi connectivity index (χ1) is 19.0. The molecule has 1 N–H and O–H groups in total. The van der Waals surface area contributed by atoms with Crippen LogP contribution in [0.5, 0.6) is 0 Å². The minimum Gasteiger partial charge on any atom is -0.355 e. The summed E-state index contributed by atoms with van der Waals surface area (Å²) in [5.74, 6) is 1.78. The molecule has 4 aliphatic rings. The standard InChI is InChI=1S/C32H43N3O4S/c1-5-33-31(37)23(3)34(20-24-8-6-7-22(2)13-24)30(36)21-35(40(4,38)39)29-11-9-28(10-12-29)32-17-25-14-26(18-32)16-27(15-25)19-32/h6-13,23,25-27H,5,14-21H2,1-4H3,(H,33,37). The second-order valence-corrected chi connectivity index (χ2v) is 14.5. The molecule has 0 radical (unpaired) electrons. The van der Waals surface area contributed by atoms with Crippen LogP contribution in [0.1, 0.15) is 69.1 Å². The average Bonchev–Trinajstić information content (AvgIpc) is 2.89. The highest BCUT2D eigenvalue weighted by Gasteiger charge is 2.51. The summed E-state index contributed by atoms with van der Waals surface area (Å²) >= 11 is 0. The van der Waals surface area contributed by atoms with Gasteiger partial charge in [0, 0.05) is 13.1 Å². The normalized spacial score (nSPS) is 25.9. The summed E-state index contributed by atoms with van der Waals surface area (Å²) in [5, 5.41) is 2.79. The number of likely N-dealkylation sites (N-methyl/N-ethyl adjacent to an activating group) is 1. The van der Waals surface area contributed by atoms with E-state index in [4.69, 9.17) is 0 Å². The number of amides is 2. The van der Waals surface area contributed by atoms with Crippen molar-refractivity contribution < 1.29 is 18.0 Å². The molecular formula is C32H43N3O4S. The second kappa shape index (κ2) is 11.2. The fourth-order valence-corrected chi connectivity index (χ4v) is 8.82. The van der Waals surface area contributed by atoms with Gasteiger partial charge in [-0.15, -0.1) is 0 Å². The third kappa shape index (κ3) is 5.92. The van der Waals surface area contributed by atoms with Crippen LogP contribution in [0, 0.1) is 24.7 Å². The van der Waals surface area contributed by atoms with Crippen LogP contribution in [0.4, 0.5) is 5.69 Å². The number of carbonyl (C=O) groups is 2. The van der Waals surface area contributed by atoms with E-state index >= 15 is 0 Å². The quantitative estimate of drug-likeness (QED) is 0.449. The number of aryl methyl sites for hydroxylation is 1. The van der Waals surface area contributed by atoms with Crippen LogP contribution < -0.4 is 9.62 Å². The first-order valence-electron chi connectivity index (χ1n) is 14.7. The van der Waals surface area contributed by atoms with Gasteiger partial charge in [0.15, 0.2) is 0 Å².